The number of halogens is 1. The van der Waals surface area contributed by atoms with Crippen LogP contribution in [0.2, 0.25) is 5.02 Å². The number of rotatable bonds is 5. The van der Waals surface area contributed by atoms with Gasteiger partial charge in [0, 0.05) is 36.4 Å². The van der Waals surface area contributed by atoms with Gasteiger partial charge in [-0.3, -0.25) is 14.5 Å². The molecule has 2 N–H and O–H groups in total. The Morgan fingerprint density at radius 1 is 1.04 bits per heavy atom. The number of nitrogens with zero attached hydrogens (tertiary/aromatic N) is 1. The Labute approximate surface area is 164 Å². The Morgan fingerprint density at radius 2 is 1.67 bits per heavy atom. The van der Waals surface area contributed by atoms with E-state index in [-0.39, 0.29) is 17.7 Å². The molecule has 1 heterocycles. The summed E-state index contributed by atoms with van der Waals surface area (Å²) >= 11 is 5.94. The Hall–Kier alpha value is -2.37. The number of carbonyl (C=O) groups is 2. The summed E-state index contributed by atoms with van der Waals surface area (Å²) in [5.74, 6) is -0.0982. The van der Waals surface area contributed by atoms with Crippen LogP contribution in [0.4, 0.5) is 11.4 Å². The minimum absolute atomic E-state index is 0.0268. The largest absolute Gasteiger partial charge is 0.326 e. The van der Waals surface area contributed by atoms with Crippen LogP contribution >= 0.6 is 11.6 Å². The monoisotopic (exact) mass is 385 g/mol. The lowest BCUT2D eigenvalue weighted by Crippen LogP contribution is -2.40. The van der Waals surface area contributed by atoms with Crippen molar-refractivity contribution in [2.45, 2.75) is 26.3 Å². The summed E-state index contributed by atoms with van der Waals surface area (Å²) in [6.45, 7) is 4.04. The quantitative estimate of drug-likeness (QED) is 0.812. The van der Waals surface area contributed by atoms with Gasteiger partial charge < -0.3 is 10.6 Å². The molecule has 3 rings (SSSR count). The van der Waals surface area contributed by atoms with Gasteiger partial charge in [-0.05, 0) is 61.3 Å². The third-order valence-corrected chi connectivity index (χ3v) is 4.92. The molecular weight excluding hydrogens is 362 g/mol. The highest BCUT2D eigenvalue weighted by Gasteiger charge is 2.25. The van der Waals surface area contributed by atoms with Gasteiger partial charge in [0.25, 0.3) is 0 Å². The van der Waals surface area contributed by atoms with E-state index in [1.165, 1.54) is 12.5 Å². The molecule has 27 heavy (non-hydrogen) atoms. The second-order valence-corrected chi connectivity index (χ2v) is 7.38. The molecule has 6 heteroatoms. The van der Waals surface area contributed by atoms with Crippen LogP contribution in [-0.2, 0) is 16.1 Å². The van der Waals surface area contributed by atoms with E-state index in [1.807, 2.05) is 24.3 Å². The average molecular weight is 386 g/mol. The van der Waals surface area contributed by atoms with Crippen LogP contribution in [-0.4, -0.2) is 29.8 Å². The molecule has 0 unspecified atom stereocenters. The summed E-state index contributed by atoms with van der Waals surface area (Å²) in [5, 5.41) is 6.44. The van der Waals surface area contributed by atoms with Crippen molar-refractivity contribution in [3.63, 3.8) is 0 Å². The fraction of sp³-hybridized carbons (Fsp3) is 0.333. The molecule has 0 spiro atoms. The molecule has 142 valence electrons. The lowest BCUT2D eigenvalue weighted by atomic mass is 9.96. The van der Waals surface area contributed by atoms with Crippen LogP contribution in [0, 0.1) is 5.92 Å². The Morgan fingerprint density at radius 3 is 2.30 bits per heavy atom. The van der Waals surface area contributed by atoms with Crippen LogP contribution in [0.1, 0.15) is 25.3 Å². The molecule has 5 nitrogen and oxygen atoms in total. The van der Waals surface area contributed by atoms with Gasteiger partial charge in [-0.2, -0.15) is 0 Å². The van der Waals surface area contributed by atoms with Crippen molar-refractivity contribution in [1.29, 1.82) is 0 Å². The summed E-state index contributed by atoms with van der Waals surface area (Å²) in [4.78, 5) is 26.0. The van der Waals surface area contributed by atoms with E-state index >= 15 is 0 Å². The number of benzene rings is 2. The molecule has 0 aromatic heterocycles. The lowest BCUT2D eigenvalue weighted by Gasteiger charge is -2.32. The second kappa shape index (κ2) is 9.02. The molecule has 1 atom stereocenters. The van der Waals surface area contributed by atoms with Gasteiger partial charge >= 0.3 is 0 Å². The zero-order valence-electron chi connectivity index (χ0n) is 15.4. The second-order valence-electron chi connectivity index (χ2n) is 6.95. The van der Waals surface area contributed by atoms with E-state index in [2.05, 4.69) is 15.5 Å². The summed E-state index contributed by atoms with van der Waals surface area (Å²) in [6, 6.07) is 15.0. The molecule has 0 saturated carbocycles. The third kappa shape index (κ3) is 5.81. The van der Waals surface area contributed by atoms with E-state index in [9.17, 15) is 9.59 Å². The molecule has 2 aromatic carbocycles. The van der Waals surface area contributed by atoms with Crippen LogP contribution in [0.25, 0.3) is 0 Å². The molecule has 1 saturated heterocycles. The first-order valence-corrected chi connectivity index (χ1v) is 9.53. The van der Waals surface area contributed by atoms with Crippen molar-refractivity contribution in [2.24, 2.45) is 5.92 Å². The molecule has 0 radical (unpaired) electrons. The topological polar surface area (TPSA) is 61.4 Å². The van der Waals surface area contributed by atoms with Gasteiger partial charge in [-0.1, -0.05) is 23.7 Å². The molecule has 1 aliphatic heterocycles. The van der Waals surface area contributed by atoms with Crippen LogP contribution in [0.3, 0.4) is 0 Å². The zero-order valence-corrected chi connectivity index (χ0v) is 16.1. The fourth-order valence-corrected chi connectivity index (χ4v) is 3.47. The van der Waals surface area contributed by atoms with Crippen molar-refractivity contribution < 1.29 is 9.59 Å². The van der Waals surface area contributed by atoms with E-state index in [4.69, 9.17) is 11.6 Å². The van der Waals surface area contributed by atoms with Gasteiger partial charge in [-0.15, -0.1) is 0 Å². The zero-order chi connectivity index (χ0) is 19.2. The number of nitrogens with one attached hydrogen (secondary N) is 2. The highest BCUT2D eigenvalue weighted by molar-refractivity contribution is 6.30. The Balaban J connectivity index is 1.54. The number of carbonyl (C=O) groups excluding carboxylic acids is 2. The maximum absolute atomic E-state index is 12.6. The predicted octanol–water partition coefficient (Wildman–Crippen LogP) is 4.15. The minimum Gasteiger partial charge on any atom is -0.326 e. The number of hydrogen-bond donors (Lipinski definition) is 2. The Kier molecular flexibility index (Phi) is 6.48. The Bertz CT molecular complexity index is 790. The molecule has 2 aromatic rings. The van der Waals surface area contributed by atoms with Crippen LogP contribution < -0.4 is 10.6 Å². The summed E-state index contributed by atoms with van der Waals surface area (Å²) in [7, 11) is 0. The van der Waals surface area contributed by atoms with E-state index in [0.717, 1.165) is 43.2 Å². The smallest absolute Gasteiger partial charge is 0.228 e. The first kappa shape index (κ1) is 19.4. The SMILES string of the molecule is CC(=O)Nc1ccc(NC(=O)[C@@H]2CCCN(Cc3ccc(Cl)cc3)C2)cc1. The highest BCUT2D eigenvalue weighted by Crippen LogP contribution is 2.22. The van der Waals surface area contributed by atoms with E-state index in [0.29, 0.717) is 5.69 Å². The molecule has 0 aliphatic carbocycles. The maximum atomic E-state index is 12.6. The third-order valence-electron chi connectivity index (χ3n) is 4.67. The van der Waals surface area contributed by atoms with Crippen LogP contribution in [0.15, 0.2) is 48.5 Å². The standard InChI is InChI=1S/C21H24ClN3O2/c1-15(26)23-19-8-10-20(11-9-19)24-21(27)17-3-2-12-25(14-17)13-16-4-6-18(22)7-5-16/h4-11,17H,2-3,12-14H2,1H3,(H,23,26)(H,24,27)/t17-/m1/s1. The summed E-state index contributed by atoms with van der Waals surface area (Å²) < 4.78 is 0. The minimum atomic E-state index is -0.116. The van der Waals surface area contributed by atoms with E-state index < -0.39 is 0 Å². The van der Waals surface area contributed by atoms with Gasteiger partial charge in [0.05, 0.1) is 5.92 Å². The highest BCUT2D eigenvalue weighted by atomic mass is 35.5. The first-order chi connectivity index (χ1) is 13.0. The number of anilines is 2. The average Bonchev–Trinajstić information content (AvgIpc) is 2.65. The molecule has 1 aliphatic rings. The summed E-state index contributed by atoms with van der Waals surface area (Å²) in [6.07, 6.45) is 1.90. The van der Waals surface area contributed by atoms with E-state index in [1.54, 1.807) is 24.3 Å². The van der Waals surface area contributed by atoms with Gasteiger partial charge in [0.1, 0.15) is 0 Å². The lowest BCUT2D eigenvalue weighted by molar-refractivity contribution is -0.121. The van der Waals surface area contributed by atoms with Gasteiger partial charge in [-0.25, -0.2) is 0 Å². The number of amides is 2. The van der Waals surface area contributed by atoms with Gasteiger partial charge in [0.15, 0.2) is 0 Å². The number of likely N-dealkylation sites (tertiary alicyclic amines) is 1. The van der Waals surface area contributed by atoms with Crippen molar-refractivity contribution in [3.05, 3.63) is 59.1 Å². The van der Waals surface area contributed by atoms with Crippen molar-refractivity contribution in [3.8, 4) is 0 Å². The van der Waals surface area contributed by atoms with Crippen molar-refractivity contribution in [2.75, 3.05) is 23.7 Å². The fourth-order valence-electron chi connectivity index (χ4n) is 3.35. The predicted molar refractivity (Wildman–Crippen MR) is 109 cm³/mol. The number of piperidine rings is 1. The normalized spacial score (nSPS) is 17.3. The molecule has 2 amide bonds. The van der Waals surface area contributed by atoms with Gasteiger partial charge in [0.2, 0.25) is 11.8 Å². The molecule has 0 bridgehead atoms. The van der Waals surface area contributed by atoms with Crippen LogP contribution in [0.5, 0.6) is 0 Å². The first-order valence-electron chi connectivity index (χ1n) is 9.15. The summed E-state index contributed by atoms with van der Waals surface area (Å²) in [5.41, 5.74) is 2.66. The van der Waals surface area contributed by atoms with Crippen molar-refractivity contribution >= 4 is 34.8 Å². The number of hydrogen-bond acceptors (Lipinski definition) is 3. The van der Waals surface area contributed by atoms with Crippen molar-refractivity contribution in [1.82, 2.24) is 4.90 Å². The molecular formula is C21H24ClN3O2. The molecule has 1 fully saturated rings. The maximum Gasteiger partial charge on any atom is 0.228 e.